The summed E-state index contributed by atoms with van der Waals surface area (Å²) in [5.41, 5.74) is 8.57. The van der Waals surface area contributed by atoms with Crippen molar-refractivity contribution < 1.29 is 57.9 Å². The summed E-state index contributed by atoms with van der Waals surface area (Å²) < 4.78 is 0. The van der Waals surface area contributed by atoms with E-state index in [0.29, 0.717) is 0 Å². The molecule has 0 aliphatic heterocycles. The summed E-state index contributed by atoms with van der Waals surface area (Å²) in [5.74, 6) is 0. The van der Waals surface area contributed by atoms with Crippen molar-refractivity contribution in [2.24, 2.45) is 0 Å². The van der Waals surface area contributed by atoms with Crippen LogP contribution in [0.1, 0.15) is 44.5 Å². The molecule has 0 saturated heterocycles. The second-order valence-electron chi connectivity index (χ2n) is 11.9. The van der Waals surface area contributed by atoms with Crippen molar-refractivity contribution >= 4 is 0 Å². The first-order chi connectivity index (χ1) is 27.2. The van der Waals surface area contributed by atoms with Gasteiger partial charge < -0.3 is 5.48 Å². The maximum absolute atomic E-state index is 3.72. The van der Waals surface area contributed by atoms with Gasteiger partial charge in [0.25, 0.3) is 0 Å². The molecule has 0 atom stereocenters. The van der Waals surface area contributed by atoms with Crippen LogP contribution in [0.15, 0.2) is 243 Å². The Morgan fingerprint density at radius 1 is 0.153 bits per heavy atom. The van der Waals surface area contributed by atoms with E-state index >= 15 is 0 Å². The van der Waals surface area contributed by atoms with E-state index in [1.165, 1.54) is 0 Å². The van der Waals surface area contributed by atoms with Crippen molar-refractivity contribution in [1.29, 1.82) is 0 Å². The Morgan fingerprint density at radius 3 is 0.254 bits per heavy atom. The molecule has 0 aliphatic rings. The van der Waals surface area contributed by atoms with Crippen LogP contribution >= 0.6 is 0 Å². The van der Waals surface area contributed by atoms with Crippen LogP contribution in [-0.2, 0) is 52.4 Å². The van der Waals surface area contributed by atoms with E-state index in [9.17, 15) is 0 Å². The van der Waals surface area contributed by atoms with Gasteiger partial charge in [-0.1, -0.05) is 48.5 Å². The first-order valence-corrected chi connectivity index (χ1v) is 18.1. The molecule has 0 spiro atoms. The first kappa shape index (κ1) is 57.8. The summed E-state index contributed by atoms with van der Waals surface area (Å²) in [6, 6.07) is 79.0. The molecule has 0 amide bonds. The van der Waals surface area contributed by atoms with Crippen LogP contribution in [-0.4, -0.2) is 5.48 Å². The molecule has 0 unspecified atom stereocenters. The van der Waals surface area contributed by atoms with E-state index in [1.807, 2.05) is 243 Å². The monoisotopic (exact) mass is 926 g/mol. The average Bonchev–Trinajstić information content (AvgIpc) is 3.22. The molecule has 1 nitrogen and oxygen atoms in total. The van der Waals surface area contributed by atoms with Gasteiger partial charge in [0.05, 0.1) is 0 Å². The molecular weight excluding hydrogens is 871 g/mol. The van der Waals surface area contributed by atoms with Crippen molar-refractivity contribution in [3.05, 3.63) is 343 Å². The van der Waals surface area contributed by atoms with E-state index in [2.05, 4.69) is 55.4 Å². The zero-order chi connectivity index (χ0) is 40.9. The number of rotatable bonds is 0. The molecule has 0 bridgehead atoms. The van der Waals surface area contributed by atoms with Crippen molar-refractivity contribution in [1.82, 2.24) is 0 Å². The Balaban J connectivity index is -0.000000603. The fourth-order valence-electron chi connectivity index (χ4n) is 3.82. The fraction of sp³-hybridized carbons (Fsp3) is 0. The van der Waals surface area contributed by atoms with E-state index in [-0.39, 0.29) is 57.9 Å². The van der Waals surface area contributed by atoms with Crippen molar-refractivity contribution in [3.63, 3.8) is 0 Å². The summed E-state index contributed by atoms with van der Waals surface area (Å²) in [6.07, 6.45) is 0. The summed E-state index contributed by atoms with van der Waals surface area (Å²) >= 11 is 0. The van der Waals surface area contributed by atoms with Crippen LogP contribution in [0.3, 0.4) is 0 Å². The Kier molecular flexibility index (Phi) is 39.8. The van der Waals surface area contributed by atoms with Crippen LogP contribution in [0.5, 0.6) is 0 Å². The van der Waals surface area contributed by atoms with Crippen LogP contribution in [0.4, 0.5) is 0 Å². The minimum absolute atomic E-state index is 0. The summed E-state index contributed by atoms with van der Waals surface area (Å²) in [6.45, 7) is 29.8. The third-order valence-electron chi connectivity index (χ3n) is 6.74. The van der Waals surface area contributed by atoms with Gasteiger partial charge in [0.15, 0.2) is 0 Å². The maximum Gasteiger partial charge on any atom is 4.00 e. The molecule has 0 aliphatic carbocycles. The normalized spacial score (nSPS) is 8.14. The second-order valence-corrected chi connectivity index (χ2v) is 11.9. The molecule has 0 heterocycles. The molecule has 0 saturated carbocycles. The smallest absolute Gasteiger partial charge is 0.412 e. The van der Waals surface area contributed by atoms with Crippen LogP contribution in [0.2, 0.25) is 0 Å². The zero-order valence-electron chi connectivity index (χ0n) is 34.3. The molecule has 59 heavy (non-hydrogen) atoms. The molecule has 8 aromatic carbocycles. The van der Waals surface area contributed by atoms with Gasteiger partial charge in [-0.15, -0.1) is 97.1 Å². The standard InChI is InChI=1S/8C7H7.H2O.2Zr/c8*1-7-5-3-2-4-6-7;;;/h8*2-6H,1H2;1H2;;/q8*-1;;2*+4. The molecule has 3 heteroatoms. The molecule has 8 aromatic rings. The van der Waals surface area contributed by atoms with Gasteiger partial charge in [-0.3, -0.25) is 0 Å². The van der Waals surface area contributed by atoms with E-state index in [1.54, 1.807) is 0 Å². The largest absolute Gasteiger partial charge is 4.00 e. The second kappa shape index (κ2) is 40.6. The molecule has 296 valence electrons. The van der Waals surface area contributed by atoms with Crippen molar-refractivity contribution in [2.45, 2.75) is 0 Å². The number of hydrogen-bond donors (Lipinski definition) is 0. The van der Waals surface area contributed by atoms with E-state index < -0.39 is 0 Å². The predicted octanol–water partition coefficient (Wildman–Crippen LogP) is 14.1. The van der Waals surface area contributed by atoms with Gasteiger partial charge >= 0.3 is 52.4 Å². The molecular formula is C56H58OZr2. The van der Waals surface area contributed by atoms with Crippen LogP contribution < -0.4 is 0 Å². The van der Waals surface area contributed by atoms with Gasteiger partial charge in [-0.25, -0.2) is 0 Å². The predicted molar refractivity (Wildman–Crippen MR) is 251 cm³/mol. The maximum atomic E-state index is 3.72. The third-order valence-corrected chi connectivity index (χ3v) is 6.74. The number of benzene rings is 8. The van der Waals surface area contributed by atoms with Crippen LogP contribution in [0, 0.1) is 55.4 Å². The Morgan fingerprint density at radius 2 is 0.220 bits per heavy atom. The third kappa shape index (κ3) is 39.1. The minimum atomic E-state index is 0. The Bertz CT molecular complexity index is 1510. The summed E-state index contributed by atoms with van der Waals surface area (Å²) in [5, 5.41) is 0. The fourth-order valence-corrected chi connectivity index (χ4v) is 3.82. The minimum Gasteiger partial charge on any atom is -0.412 e. The van der Waals surface area contributed by atoms with Crippen molar-refractivity contribution in [2.75, 3.05) is 0 Å². The average molecular weight is 930 g/mol. The Labute approximate surface area is 397 Å². The van der Waals surface area contributed by atoms with Gasteiger partial charge in [-0.2, -0.15) is 197 Å². The van der Waals surface area contributed by atoms with E-state index in [0.717, 1.165) is 44.5 Å². The van der Waals surface area contributed by atoms with E-state index in [4.69, 9.17) is 0 Å². The molecule has 2 N–H and O–H groups in total. The molecule has 8 rings (SSSR count). The topological polar surface area (TPSA) is 31.5 Å². The first-order valence-electron chi connectivity index (χ1n) is 18.1. The zero-order valence-corrected chi connectivity index (χ0v) is 39.2. The molecule has 0 radical (unpaired) electrons. The van der Waals surface area contributed by atoms with Gasteiger partial charge in [-0.05, 0) is 0 Å². The summed E-state index contributed by atoms with van der Waals surface area (Å²) in [4.78, 5) is 0. The molecule has 0 fully saturated rings. The van der Waals surface area contributed by atoms with Gasteiger partial charge in [0, 0.05) is 0 Å². The summed E-state index contributed by atoms with van der Waals surface area (Å²) in [7, 11) is 0. The SMILES string of the molecule is O.[CH2-]c1ccccc1.[CH2-]c1ccccc1.[CH2-]c1ccccc1.[CH2-]c1ccccc1.[CH2-]c1ccccc1.[CH2-]c1ccccc1.[CH2-]c1ccccc1.[CH2-]c1ccccc1.[Zr+4].[Zr+4]. The number of hydrogen-bond acceptors (Lipinski definition) is 0. The quantitative estimate of drug-likeness (QED) is 0.136. The van der Waals surface area contributed by atoms with Gasteiger partial charge in [0.1, 0.15) is 0 Å². The molecule has 0 aromatic heterocycles. The van der Waals surface area contributed by atoms with Crippen LogP contribution in [0.25, 0.3) is 0 Å². The Hall–Kier alpha value is -5.55. The van der Waals surface area contributed by atoms with Crippen molar-refractivity contribution in [3.8, 4) is 0 Å². The van der Waals surface area contributed by atoms with Gasteiger partial charge in [0.2, 0.25) is 0 Å².